The Balaban J connectivity index is 1.80. The molecular formula is C16H26FN3. The van der Waals surface area contributed by atoms with Crippen molar-refractivity contribution in [3.8, 4) is 0 Å². The minimum Gasteiger partial charge on any atom is -0.329 e. The van der Waals surface area contributed by atoms with Crippen LogP contribution in [0.3, 0.4) is 0 Å². The molecule has 0 spiro atoms. The van der Waals surface area contributed by atoms with Gasteiger partial charge in [-0.1, -0.05) is 25.5 Å². The van der Waals surface area contributed by atoms with Crippen LogP contribution in [0.25, 0.3) is 0 Å². The number of nitrogens with zero attached hydrogens (tertiary/aromatic N) is 2. The van der Waals surface area contributed by atoms with Crippen LogP contribution in [-0.4, -0.2) is 48.6 Å². The van der Waals surface area contributed by atoms with Crippen molar-refractivity contribution < 1.29 is 4.39 Å². The number of halogens is 1. The predicted octanol–water partition coefficient (Wildman–Crippen LogP) is 2.07. The van der Waals surface area contributed by atoms with Gasteiger partial charge in [0.1, 0.15) is 5.82 Å². The highest BCUT2D eigenvalue weighted by Gasteiger charge is 2.22. The van der Waals surface area contributed by atoms with Crippen LogP contribution in [0.1, 0.15) is 25.3 Å². The molecule has 0 saturated carbocycles. The maximum atomic E-state index is 12.9. The lowest BCUT2D eigenvalue weighted by Crippen LogP contribution is -2.51. The molecular weight excluding hydrogens is 253 g/mol. The molecule has 4 heteroatoms. The van der Waals surface area contributed by atoms with E-state index in [4.69, 9.17) is 5.73 Å². The van der Waals surface area contributed by atoms with Crippen molar-refractivity contribution in [2.75, 3.05) is 32.7 Å². The first kappa shape index (κ1) is 15.4. The average Bonchev–Trinajstić information content (AvgIpc) is 2.48. The van der Waals surface area contributed by atoms with Crippen LogP contribution in [0, 0.1) is 5.82 Å². The maximum absolute atomic E-state index is 12.9. The van der Waals surface area contributed by atoms with Crippen LogP contribution in [-0.2, 0) is 6.54 Å². The van der Waals surface area contributed by atoms with Crippen LogP contribution in [0.4, 0.5) is 4.39 Å². The molecule has 1 unspecified atom stereocenters. The Bertz CT molecular complexity index is 385. The van der Waals surface area contributed by atoms with Gasteiger partial charge in [-0.15, -0.1) is 0 Å². The zero-order valence-corrected chi connectivity index (χ0v) is 12.4. The van der Waals surface area contributed by atoms with E-state index in [1.54, 1.807) is 0 Å². The lowest BCUT2D eigenvalue weighted by molar-refractivity contribution is 0.0905. The molecule has 1 aromatic rings. The fourth-order valence-corrected chi connectivity index (χ4v) is 2.92. The lowest BCUT2D eigenvalue weighted by Gasteiger charge is -2.39. The molecule has 1 fully saturated rings. The van der Waals surface area contributed by atoms with Crippen molar-refractivity contribution in [3.63, 3.8) is 0 Å². The minimum atomic E-state index is -0.163. The molecule has 0 radical (unpaired) electrons. The summed E-state index contributed by atoms with van der Waals surface area (Å²) in [6.45, 7) is 8.19. The second kappa shape index (κ2) is 7.72. The van der Waals surface area contributed by atoms with Crippen LogP contribution in [0.2, 0.25) is 0 Å². The third kappa shape index (κ3) is 4.27. The SMILES string of the molecule is CCCC(CN)N1CCN(Cc2ccc(F)cc2)CC1. The first-order valence-corrected chi connectivity index (χ1v) is 7.64. The Labute approximate surface area is 121 Å². The molecule has 1 atom stereocenters. The van der Waals surface area contributed by atoms with Crippen molar-refractivity contribution in [1.82, 2.24) is 9.80 Å². The highest BCUT2D eigenvalue weighted by Crippen LogP contribution is 2.13. The van der Waals surface area contributed by atoms with Gasteiger partial charge in [0.05, 0.1) is 0 Å². The molecule has 20 heavy (non-hydrogen) atoms. The molecule has 1 aliphatic heterocycles. The monoisotopic (exact) mass is 279 g/mol. The van der Waals surface area contributed by atoms with E-state index in [-0.39, 0.29) is 5.82 Å². The summed E-state index contributed by atoms with van der Waals surface area (Å²) < 4.78 is 12.9. The first-order chi connectivity index (χ1) is 9.72. The Kier molecular flexibility index (Phi) is 5.95. The highest BCUT2D eigenvalue weighted by atomic mass is 19.1. The molecule has 1 saturated heterocycles. The van der Waals surface area contributed by atoms with Gasteiger partial charge in [-0.25, -0.2) is 4.39 Å². The molecule has 0 amide bonds. The summed E-state index contributed by atoms with van der Waals surface area (Å²) >= 11 is 0. The third-order valence-electron chi connectivity index (χ3n) is 4.14. The standard InChI is InChI=1S/C16H26FN3/c1-2-3-16(12-18)20-10-8-19(9-11-20)13-14-4-6-15(17)7-5-14/h4-7,16H,2-3,8-13,18H2,1H3. The van der Waals surface area contributed by atoms with Gasteiger partial charge in [-0.3, -0.25) is 9.80 Å². The van der Waals surface area contributed by atoms with Gasteiger partial charge in [0.25, 0.3) is 0 Å². The molecule has 0 aliphatic carbocycles. The molecule has 1 heterocycles. The van der Waals surface area contributed by atoms with Crippen molar-refractivity contribution in [3.05, 3.63) is 35.6 Å². The van der Waals surface area contributed by atoms with Crippen LogP contribution < -0.4 is 5.73 Å². The van der Waals surface area contributed by atoms with Crippen molar-refractivity contribution in [1.29, 1.82) is 0 Å². The smallest absolute Gasteiger partial charge is 0.123 e. The molecule has 1 aliphatic rings. The predicted molar refractivity (Wildman–Crippen MR) is 81.0 cm³/mol. The van der Waals surface area contributed by atoms with E-state index in [1.807, 2.05) is 12.1 Å². The average molecular weight is 279 g/mol. The van der Waals surface area contributed by atoms with E-state index >= 15 is 0 Å². The zero-order chi connectivity index (χ0) is 14.4. The van der Waals surface area contributed by atoms with E-state index in [0.717, 1.165) is 39.3 Å². The lowest BCUT2D eigenvalue weighted by atomic mass is 10.1. The molecule has 0 bridgehead atoms. The summed E-state index contributed by atoms with van der Waals surface area (Å²) in [6.07, 6.45) is 2.38. The van der Waals surface area contributed by atoms with Gasteiger partial charge in [-0.05, 0) is 24.1 Å². The molecule has 1 aromatic carbocycles. The van der Waals surface area contributed by atoms with Crippen molar-refractivity contribution in [2.24, 2.45) is 5.73 Å². The van der Waals surface area contributed by atoms with E-state index in [2.05, 4.69) is 16.7 Å². The zero-order valence-electron chi connectivity index (χ0n) is 12.4. The molecule has 2 N–H and O–H groups in total. The normalized spacial score (nSPS) is 19.1. The van der Waals surface area contributed by atoms with Gasteiger partial charge >= 0.3 is 0 Å². The van der Waals surface area contributed by atoms with Gasteiger partial charge in [0.2, 0.25) is 0 Å². The summed E-state index contributed by atoms with van der Waals surface area (Å²) in [4.78, 5) is 4.95. The van der Waals surface area contributed by atoms with Gasteiger partial charge in [0, 0.05) is 45.3 Å². The fourth-order valence-electron chi connectivity index (χ4n) is 2.92. The molecule has 3 nitrogen and oxygen atoms in total. The Morgan fingerprint density at radius 3 is 2.35 bits per heavy atom. The van der Waals surface area contributed by atoms with Gasteiger partial charge in [-0.2, -0.15) is 0 Å². The number of hydrogen-bond acceptors (Lipinski definition) is 3. The van der Waals surface area contributed by atoms with Crippen LogP contribution >= 0.6 is 0 Å². The molecule has 112 valence electrons. The topological polar surface area (TPSA) is 32.5 Å². The molecule has 0 aromatic heterocycles. The third-order valence-corrected chi connectivity index (χ3v) is 4.14. The number of benzene rings is 1. The Morgan fingerprint density at radius 1 is 1.15 bits per heavy atom. The van der Waals surface area contributed by atoms with Gasteiger partial charge < -0.3 is 5.73 Å². The molecule has 2 rings (SSSR count). The number of nitrogens with two attached hydrogens (primary N) is 1. The summed E-state index contributed by atoms with van der Waals surface area (Å²) in [5.74, 6) is -0.163. The van der Waals surface area contributed by atoms with E-state index in [9.17, 15) is 4.39 Å². The number of hydrogen-bond donors (Lipinski definition) is 1. The summed E-state index contributed by atoms with van der Waals surface area (Å²) in [5, 5.41) is 0. The number of piperazine rings is 1. The number of rotatable bonds is 6. The quantitative estimate of drug-likeness (QED) is 0.865. The summed E-state index contributed by atoms with van der Waals surface area (Å²) in [7, 11) is 0. The summed E-state index contributed by atoms with van der Waals surface area (Å²) in [5.41, 5.74) is 7.06. The Hall–Kier alpha value is -0.970. The van der Waals surface area contributed by atoms with Crippen LogP contribution in [0.5, 0.6) is 0 Å². The largest absolute Gasteiger partial charge is 0.329 e. The second-order valence-corrected chi connectivity index (χ2v) is 5.62. The first-order valence-electron chi connectivity index (χ1n) is 7.64. The summed E-state index contributed by atoms with van der Waals surface area (Å²) in [6, 6.07) is 7.37. The van der Waals surface area contributed by atoms with E-state index in [0.29, 0.717) is 6.04 Å². The Morgan fingerprint density at radius 2 is 1.80 bits per heavy atom. The van der Waals surface area contributed by atoms with Crippen molar-refractivity contribution in [2.45, 2.75) is 32.4 Å². The fraction of sp³-hybridized carbons (Fsp3) is 0.625. The second-order valence-electron chi connectivity index (χ2n) is 5.62. The van der Waals surface area contributed by atoms with E-state index < -0.39 is 0 Å². The van der Waals surface area contributed by atoms with Crippen molar-refractivity contribution >= 4 is 0 Å². The highest BCUT2D eigenvalue weighted by molar-refractivity contribution is 5.15. The van der Waals surface area contributed by atoms with Gasteiger partial charge in [0.15, 0.2) is 0 Å². The van der Waals surface area contributed by atoms with E-state index in [1.165, 1.54) is 30.5 Å². The minimum absolute atomic E-state index is 0.163. The van der Waals surface area contributed by atoms with Crippen LogP contribution in [0.15, 0.2) is 24.3 Å². The maximum Gasteiger partial charge on any atom is 0.123 e.